The van der Waals surface area contributed by atoms with E-state index in [4.69, 9.17) is 10.5 Å². The van der Waals surface area contributed by atoms with Crippen LogP contribution in [0, 0.1) is 0 Å². The summed E-state index contributed by atoms with van der Waals surface area (Å²) in [6, 6.07) is 10.8. The van der Waals surface area contributed by atoms with E-state index >= 15 is 0 Å². The van der Waals surface area contributed by atoms with E-state index < -0.39 is 5.91 Å². The number of nitrogens with zero attached hydrogens (tertiary/aromatic N) is 2. The third-order valence-corrected chi connectivity index (χ3v) is 4.59. The lowest BCUT2D eigenvalue weighted by atomic mass is 10.0. The van der Waals surface area contributed by atoms with Gasteiger partial charge in [0.1, 0.15) is 5.75 Å². The maximum atomic E-state index is 12.9. The second kappa shape index (κ2) is 9.02. The zero-order chi connectivity index (χ0) is 19.1. The number of rotatable bonds is 5. The Bertz CT molecular complexity index is 765. The number of nitrogens with one attached hydrogen (secondary N) is 1. The summed E-state index contributed by atoms with van der Waals surface area (Å²) in [4.78, 5) is 29.7. The SMILES string of the molecule is NC(=O)COc1ccc(NC(=O)N2CCCCC[C@H]2c2ccncc2)cc1. The number of pyridine rings is 1. The first-order chi connectivity index (χ1) is 13.1. The molecule has 3 rings (SSSR count). The molecule has 0 aliphatic carbocycles. The molecule has 7 nitrogen and oxygen atoms in total. The zero-order valence-corrected chi connectivity index (χ0v) is 15.1. The minimum atomic E-state index is -0.532. The van der Waals surface area contributed by atoms with Gasteiger partial charge in [0.05, 0.1) is 6.04 Å². The number of aromatic nitrogens is 1. The molecule has 1 saturated heterocycles. The number of hydrogen-bond donors (Lipinski definition) is 2. The van der Waals surface area contributed by atoms with Crippen molar-refractivity contribution in [2.24, 2.45) is 5.73 Å². The van der Waals surface area contributed by atoms with Crippen LogP contribution in [0.3, 0.4) is 0 Å². The molecule has 3 N–H and O–H groups in total. The zero-order valence-electron chi connectivity index (χ0n) is 15.1. The standard InChI is InChI=1S/C20H24N4O3/c21-19(25)14-27-17-7-5-16(6-8-17)23-20(26)24-13-3-1-2-4-18(24)15-9-11-22-12-10-15/h5-12,18H,1-4,13-14H2,(H2,21,25)(H,23,26)/t18-/m0/s1. The second-order valence-corrected chi connectivity index (χ2v) is 6.55. The van der Waals surface area contributed by atoms with Gasteiger partial charge < -0.3 is 20.7 Å². The van der Waals surface area contributed by atoms with Crippen molar-refractivity contribution in [2.75, 3.05) is 18.5 Å². The van der Waals surface area contributed by atoms with E-state index in [1.54, 1.807) is 36.7 Å². The van der Waals surface area contributed by atoms with Crippen LogP contribution in [0.15, 0.2) is 48.8 Å². The van der Waals surface area contributed by atoms with Gasteiger partial charge in [-0.3, -0.25) is 9.78 Å². The van der Waals surface area contributed by atoms with Crippen molar-refractivity contribution in [1.82, 2.24) is 9.88 Å². The van der Waals surface area contributed by atoms with Gasteiger partial charge in [-0.25, -0.2) is 4.79 Å². The monoisotopic (exact) mass is 368 g/mol. The molecule has 1 aromatic carbocycles. The molecule has 1 fully saturated rings. The Morgan fingerprint density at radius 3 is 2.56 bits per heavy atom. The van der Waals surface area contributed by atoms with Crippen molar-refractivity contribution in [3.05, 3.63) is 54.4 Å². The third kappa shape index (κ3) is 5.20. The molecular weight excluding hydrogens is 344 g/mol. The number of hydrogen-bond acceptors (Lipinski definition) is 4. The summed E-state index contributed by atoms with van der Waals surface area (Å²) in [5.74, 6) is -0.00747. The summed E-state index contributed by atoms with van der Waals surface area (Å²) in [6.45, 7) is 0.547. The lowest BCUT2D eigenvalue weighted by Crippen LogP contribution is -2.38. The van der Waals surface area contributed by atoms with E-state index in [2.05, 4.69) is 10.3 Å². The average Bonchev–Trinajstić information content (AvgIpc) is 2.94. The molecule has 0 saturated carbocycles. The lowest BCUT2D eigenvalue weighted by Gasteiger charge is -2.30. The number of anilines is 1. The molecule has 7 heteroatoms. The van der Waals surface area contributed by atoms with Crippen molar-refractivity contribution < 1.29 is 14.3 Å². The Morgan fingerprint density at radius 1 is 1.11 bits per heavy atom. The van der Waals surface area contributed by atoms with Gasteiger partial charge in [0.15, 0.2) is 6.61 Å². The fourth-order valence-electron chi connectivity index (χ4n) is 3.27. The fourth-order valence-corrected chi connectivity index (χ4v) is 3.27. The van der Waals surface area contributed by atoms with E-state index in [1.165, 1.54) is 0 Å². The van der Waals surface area contributed by atoms with Gasteiger partial charge in [-0.1, -0.05) is 12.8 Å². The highest BCUT2D eigenvalue weighted by Crippen LogP contribution is 2.30. The van der Waals surface area contributed by atoms with Crippen LogP contribution < -0.4 is 15.8 Å². The quantitative estimate of drug-likeness (QED) is 0.847. The molecule has 1 atom stereocenters. The Morgan fingerprint density at radius 2 is 1.85 bits per heavy atom. The van der Waals surface area contributed by atoms with Crippen molar-refractivity contribution in [3.63, 3.8) is 0 Å². The Kier molecular flexibility index (Phi) is 6.25. The maximum absolute atomic E-state index is 12.9. The van der Waals surface area contributed by atoms with E-state index in [-0.39, 0.29) is 18.7 Å². The Labute approximate surface area is 158 Å². The van der Waals surface area contributed by atoms with Gasteiger partial charge in [-0.05, 0) is 54.8 Å². The van der Waals surface area contributed by atoms with Crippen LogP contribution in [0.25, 0.3) is 0 Å². The number of carbonyl (C=O) groups is 2. The van der Waals surface area contributed by atoms with Gasteiger partial charge in [-0.2, -0.15) is 0 Å². The van der Waals surface area contributed by atoms with Gasteiger partial charge in [0.2, 0.25) is 0 Å². The highest BCUT2D eigenvalue weighted by Gasteiger charge is 2.26. The summed E-state index contributed by atoms with van der Waals surface area (Å²) >= 11 is 0. The third-order valence-electron chi connectivity index (χ3n) is 4.59. The topological polar surface area (TPSA) is 97.6 Å². The Hall–Kier alpha value is -3.09. The molecule has 3 amide bonds. The molecule has 0 bridgehead atoms. The summed E-state index contributed by atoms with van der Waals surface area (Å²) in [5.41, 5.74) is 6.84. The van der Waals surface area contributed by atoms with Crippen molar-refractivity contribution in [1.29, 1.82) is 0 Å². The normalized spacial score (nSPS) is 17.0. The number of carbonyl (C=O) groups excluding carboxylic acids is 2. The van der Waals surface area contributed by atoms with Crippen molar-refractivity contribution in [2.45, 2.75) is 31.7 Å². The van der Waals surface area contributed by atoms with Crippen molar-refractivity contribution in [3.8, 4) is 5.75 Å². The largest absolute Gasteiger partial charge is 0.484 e. The van der Waals surface area contributed by atoms with E-state index in [0.29, 0.717) is 11.4 Å². The van der Waals surface area contributed by atoms with Crippen LogP contribution in [0.5, 0.6) is 5.75 Å². The highest BCUT2D eigenvalue weighted by molar-refractivity contribution is 5.89. The summed E-state index contributed by atoms with van der Waals surface area (Å²) in [6.07, 6.45) is 7.69. The first kappa shape index (κ1) is 18.7. The smallest absolute Gasteiger partial charge is 0.322 e. The van der Waals surface area contributed by atoms with Crippen LogP contribution >= 0.6 is 0 Å². The van der Waals surface area contributed by atoms with Crippen LogP contribution in [0.2, 0.25) is 0 Å². The molecule has 2 heterocycles. The molecule has 2 aromatic rings. The van der Waals surface area contributed by atoms with Crippen LogP contribution in [0.1, 0.15) is 37.3 Å². The molecular formula is C20H24N4O3. The van der Waals surface area contributed by atoms with Crippen LogP contribution in [0.4, 0.5) is 10.5 Å². The van der Waals surface area contributed by atoms with Gasteiger partial charge in [0, 0.05) is 24.6 Å². The molecule has 1 aliphatic rings. The molecule has 27 heavy (non-hydrogen) atoms. The number of nitrogens with two attached hydrogens (primary N) is 1. The van der Waals surface area contributed by atoms with Crippen molar-refractivity contribution >= 4 is 17.6 Å². The predicted octanol–water partition coefficient (Wildman–Crippen LogP) is 3.09. The number of benzene rings is 1. The van der Waals surface area contributed by atoms with Gasteiger partial charge in [-0.15, -0.1) is 0 Å². The van der Waals surface area contributed by atoms with Gasteiger partial charge in [0.25, 0.3) is 5.91 Å². The number of amides is 3. The maximum Gasteiger partial charge on any atom is 0.322 e. The number of primary amides is 1. The van der Waals surface area contributed by atoms with E-state index in [9.17, 15) is 9.59 Å². The van der Waals surface area contributed by atoms with E-state index in [0.717, 1.165) is 37.8 Å². The summed E-state index contributed by atoms with van der Waals surface area (Å²) < 4.78 is 5.23. The fraction of sp³-hybridized carbons (Fsp3) is 0.350. The highest BCUT2D eigenvalue weighted by atomic mass is 16.5. The molecule has 0 unspecified atom stereocenters. The predicted molar refractivity (Wildman–Crippen MR) is 102 cm³/mol. The lowest BCUT2D eigenvalue weighted by molar-refractivity contribution is -0.119. The molecule has 0 radical (unpaired) electrons. The minimum absolute atomic E-state index is 0.0497. The van der Waals surface area contributed by atoms with Crippen LogP contribution in [-0.2, 0) is 4.79 Å². The van der Waals surface area contributed by atoms with E-state index in [1.807, 2.05) is 17.0 Å². The first-order valence-electron chi connectivity index (χ1n) is 9.12. The Balaban J connectivity index is 1.68. The summed E-state index contributed by atoms with van der Waals surface area (Å²) in [5, 5.41) is 2.96. The number of ether oxygens (including phenoxy) is 1. The molecule has 1 aromatic heterocycles. The average molecular weight is 368 g/mol. The summed E-state index contributed by atoms with van der Waals surface area (Å²) in [7, 11) is 0. The van der Waals surface area contributed by atoms with Gasteiger partial charge >= 0.3 is 6.03 Å². The molecule has 0 spiro atoms. The molecule has 142 valence electrons. The first-order valence-corrected chi connectivity index (χ1v) is 9.12. The minimum Gasteiger partial charge on any atom is -0.484 e. The molecule has 1 aliphatic heterocycles. The van der Waals surface area contributed by atoms with Crippen LogP contribution in [-0.4, -0.2) is 35.0 Å². The number of likely N-dealkylation sites (tertiary alicyclic amines) is 1. The second-order valence-electron chi connectivity index (χ2n) is 6.55. The number of urea groups is 1.